The quantitative estimate of drug-likeness (QED) is 0.802. The lowest BCUT2D eigenvalue weighted by molar-refractivity contribution is 0.142. The van der Waals surface area contributed by atoms with Gasteiger partial charge in [-0.05, 0) is 64.5 Å². The molecule has 2 rings (SSSR count). The molecule has 1 heterocycles. The summed E-state index contributed by atoms with van der Waals surface area (Å²) >= 11 is 0. The summed E-state index contributed by atoms with van der Waals surface area (Å²) in [6.07, 6.45) is 3.91. The van der Waals surface area contributed by atoms with E-state index in [2.05, 4.69) is 61.2 Å². The van der Waals surface area contributed by atoms with E-state index in [4.69, 9.17) is 0 Å². The van der Waals surface area contributed by atoms with Crippen LogP contribution in [0.15, 0.2) is 30.3 Å². The Kier molecular flexibility index (Phi) is 5.41. The Bertz CT molecular complexity index is 355. The van der Waals surface area contributed by atoms with Crippen molar-refractivity contribution in [3.63, 3.8) is 0 Å². The molecule has 106 valence electrons. The third-order valence-corrected chi connectivity index (χ3v) is 4.59. The van der Waals surface area contributed by atoms with E-state index in [9.17, 15) is 0 Å². The first-order chi connectivity index (χ1) is 9.16. The van der Waals surface area contributed by atoms with E-state index in [1.807, 2.05) is 0 Å². The zero-order valence-electron chi connectivity index (χ0n) is 12.7. The number of hydrogen-bond acceptors (Lipinski definition) is 2. The van der Waals surface area contributed by atoms with Gasteiger partial charge in [0.25, 0.3) is 0 Å². The van der Waals surface area contributed by atoms with Crippen LogP contribution in [0, 0.1) is 0 Å². The van der Waals surface area contributed by atoms with E-state index in [1.165, 1.54) is 44.5 Å². The summed E-state index contributed by atoms with van der Waals surface area (Å²) in [6, 6.07) is 11.7. The Morgan fingerprint density at radius 3 is 2.47 bits per heavy atom. The normalized spacial score (nSPS) is 19.8. The second-order valence-electron chi connectivity index (χ2n) is 6.12. The van der Waals surface area contributed by atoms with Crippen LogP contribution in [0.3, 0.4) is 0 Å². The van der Waals surface area contributed by atoms with Crippen LogP contribution in [0.5, 0.6) is 0 Å². The molecule has 1 saturated heterocycles. The lowest BCUT2D eigenvalue weighted by Crippen LogP contribution is -2.42. The van der Waals surface area contributed by atoms with Gasteiger partial charge in [0.05, 0.1) is 0 Å². The largest absolute Gasteiger partial charge is 0.306 e. The molecule has 0 saturated carbocycles. The molecule has 0 amide bonds. The number of rotatable bonds is 5. The molecule has 1 aromatic rings. The topological polar surface area (TPSA) is 6.48 Å². The molecule has 2 heteroatoms. The molecule has 1 fully saturated rings. The van der Waals surface area contributed by atoms with Crippen LogP contribution in [0.2, 0.25) is 0 Å². The molecular weight excluding hydrogens is 232 g/mol. The molecule has 1 aromatic carbocycles. The van der Waals surface area contributed by atoms with Gasteiger partial charge in [-0.25, -0.2) is 0 Å². The molecule has 1 atom stereocenters. The van der Waals surface area contributed by atoms with Crippen LogP contribution < -0.4 is 0 Å². The van der Waals surface area contributed by atoms with Crippen molar-refractivity contribution in [3.05, 3.63) is 35.9 Å². The van der Waals surface area contributed by atoms with Crippen molar-refractivity contribution in [3.8, 4) is 0 Å². The third kappa shape index (κ3) is 4.32. The highest BCUT2D eigenvalue weighted by Crippen LogP contribution is 2.20. The standard InChI is InChI=1S/C17H28N2/c1-15(16-7-5-4-6-8-16)9-14-19(3)17-10-12-18(2)13-11-17/h4-8,15,17H,9-14H2,1-3H3/t15-/m1/s1. The number of hydrogen-bond donors (Lipinski definition) is 0. The maximum absolute atomic E-state index is 2.58. The van der Waals surface area contributed by atoms with Gasteiger partial charge in [-0.3, -0.25) is 0 Å². The number of likely N-dealkylation sites (tertiary alicyclic amines) is 1. The molecule has 1 aliphatic rings. The minimum atomic E-state index is 0.662. The van der Waals surface area contributed by atoms with Gasteiger partial charge in [0.15, 0.2) is 0 Å². The molecule has 0 aliphatic carbocycles. The van der Waals surface area contributed by atoms with Crippen molar-refractivity contribution in [1.82, 2.24) is 9.80 Å². The second kappa shape index (κ2) is 7.06. The van der Waals surface area contributed by atoms with Gasteiger partial charge in [-0.15, -0.1) is 0 Å². The Balaban J connectivity index is 1.75. The first-order valence-electron chi connectivity index (χ1n) is 7.60. The van der Waals surface area contributed by atoms with Crippen LogP contribution in [-0.4, -0.2) is 49.6 Å². The zero-order valence-corrected chi connectivity index (χ0v) is 12.7. The lowest BCUT2D eigenvalue weighted by atomic mass is 9.97. The fourth-order valence-electron chi connectivity index (χ4n) is 2.96. The van der Waals surface area contributed by atoms with Crippen molar-refractivity contribution in [2.75, 3.05) is 33.7 Å². The van der Waals surface area contributed by atoms with E-state index in [0.29, 0.717) is 5.92 Å². The SMILES string of the molecule is C[C@H](CCN(C)C1CCN(C)CC1)c1ccccc1. The lowest BCUT2D eigenvalue weighted by Gasteiger charge is -2.35. The van der Waals surface area contributed by atoms with Gasteiger partial charge >= 0.3 is 0 Å². The predicted molar refractivity (Wildman–Crippen MR) is 82.6 cm³/mol. The van der Waals surface area contributed by atoms with Crippen LogP contribution in [0.1, 0.15) is 37.7 Å². The highest BCUT2D eigenvalue weighted by molar-refractivity contribution is 5.18. The van der Waals surface area contributed by atoms with Crippen molar-refractivity contribution in [1.29, 1.82) is 0 Å². The summed E-state index contributed by atoms with van der Waals surface area (Å²) in [5.41, 5.74) is 1.47. The summed E-state index contributed by atoms with van der Waals surface area (Å²) < 4.78 is 0. The Morgan fingerprint density at radius 1 is 1.21 bits per heavy atom. The minimum absolute atomic E-state index is 0.662. The van der Waals surface area contributed by atoms with Gasteiger partial charge in [0.2, 0.25) is 0 Å². The molecular formula is C17H28N2. The van der Waals surface area contributed by atoms with Crippen molar-refractivity contribution >= 4 is 0 Å². The zero-order chi connectivity index (χ0) is 13.7. The van der Waals surface area contributed by atoms with Gasteiger partial charge in [0, 0.05) is 6.04 Å². The molecule has 0 N–H and O–H groups in total. The summed E-state index contributed by atoms with van der Waals surface area (Å²) in [4.78, 5) is 5.02. The molecule has 0 unspecified atom stereocenters. The maximum Gasteiger partial charge on any atom is 0.0117 e. The minimum Gasteiger partial charge on any atom is -0.306 e. The van der Waals surface area contributed by atoms with Crippen LogP contribution in [0.4, 0.5) is 0 Å². The highest BCUT2D eigenvalue weighted by Gasteiger charge is 2.20. The number of piperidine rings is 1. The molecule has 0 aromatic heterocycles. The van der Waals surface area contributed by atoms with Gasteiger partial charge in [-0.1, -0.05) is 37.3 Å². The highest BCUT2D eigenvalue weighted by atomic mass is 15.2. The van der Waals surface area contributed by atoms with Crippen LogP contribution >= 0.6 is 0 Å². The van der Waals surface area contributed by atoms with Crippen molar-refractivity contribution in [2.24, 2.45) is 0 Å². The smallest absolute Gasteiger partial charge is 0.0117 e. The van der Waals surface area contributed by atoms with E-state index in [1.54, 1.807) is 0 Å². The summed E-state index contributed by atoms with van der Waals surface area (Å²) in [6.45, 7) is 6.06. The van der Waals surface area contributed by atoms with Gasteiger partial charge < -0.3 is 9.80 Å². The Hall–Kier alpha value is -0.860. The van der Waals surface area contributed by atoms with E-state index in [0.717, 1.165) is 6.04 Å². The monoisotopic (exact) mass is 260 g/mol. The van der Waals surface area contributed by atoms with Gasteiger partial charge in [-0.2, -0.15) is 0 Å². The molecule has 19 heavy (non-hydrogen) atoms. The first-order valence-corrected chi connectivity index (χ1v) is 7.60. The fourth-order valence-corrected chi connectivity index (χ4v) is 2.96. The van der Waals surface area contributed by atoms with Crippen LogP contribution in [0.25, 0.3) is 0 Å². The fraction of sp³-hybridized carbons (Fsp3) is 0.647. The number of nitrogens with zero attached hydrogens (tertiary/aromatic N) is 2. The predicted octanol–water partition coefficient (Wildman–Crippen LogP) is 3.21. The van der Waals surface area contributed by atoms with E-state index in [-0.39, 0.29) is 0 Å². The average molecular weight is 260 g/mol. The van der Waals surface area contributed by atoms with Crippen molar-refractivity contribution in [2.45, 2.75) is 38.1 Å². The van der Waals surface area contributed by atoms with Gasteiger partial charge in [0.1, 0.15) is 0 Å². The molecule has 0 bridgehead atoms. The third-order valence-electron chi connectivity index (χ3n) is 4.59. The Morgan fingerprint density at radius 2 is 1.84 bits per heavy atom. The number of benzene rings is 1. The van der Waals surface area contributed by atoms with E-state index < -0.39 is 0 Å². The summed E-state index contributed by atoms with van der Waals surface area (Å²) in [5.74, 6) is 0.662. The summed E-state index contributed by atoms with van der Waals surface area (Å²) in [7, 11) is 4.53. The van der Waals surface area contributed by atoms with Crippen molar-refractivity contribution < 1.29 is 0 Å². The van der Waals surface area contributed by atoms with E-state index >= 15 is 0 Å². The second-order valence-corrected chi connectivity index (χ2v) is 6.12. The molecule has 1 aliphatic heterocycles. The first kappa shape index (κ1) is 14.5. The molecule has 0 spiro atoms. The van der Waals surface area contributed by atoms with Crippen LogP contribution in [-0.2, 0) is 0 Å². The Labute approximate surface area is 118 Å². The summed E-state index contributed by atoms with van der Waals surface area (Å²) in [5, 5.41) is 0. The molecule has 0 radical (unpaired) electrons. The molecule has 2 nitrogen and oxygen atoms in total. The maximum atomic E-state index is 2.58. The average Bonchev–Trinajstić information content (AvgIpc) is 2.46.